The number of furan rings is 1. The molecule has 0 unspecified atom stereocenters. The predicted octanol–water partition coefficient (Wildman–Crippen LogP) is 12.6. The standard InChI is InChI=1S/C46H28N2O/c1-2-12-35(13-3-1)48-42-17-9-7-15-39(42)43-40-25-24-38-37-14-6-8-16-41(37)47(44(38)45(40)49-46(43)48)36-23-22-33-27-32(20-21-34(33)28-36)31-19-18-29-10-4-5-11-30(29)26-31/h1-28H. The van der Waals surface area contributed by atoms with Crippen LogP contribution in [-0.2, 0) is 0 Å². The number of benzene rings is 8. The van der Waals surface area contributed by atoms with Gasteiger partial charge in [0, 0.05) is 32.9 Å². The van der Waals surface area contributed by atoms with Crippen LogP contribution in [0.2, 0.25) is 0 Å². The Morgan fingerprint density at radius 3 is 1.78 bits per heavy atom. The maximum Gasteiger partial charge on any atom is 0.213 e. The number of nitrogens with zero attached hydrogens (tertiary/aromatic N) is 2. The van der Waals surface area contributed by atoms with Gasteiger partial charge in [-0.25, -0.2) is 0 Å². The van der Waals surface area contributed by atoms with Gasteiger partial charge in [-0.2, -0.15) is 0 Å². The Balaban J connectivity index is 1.16. The molecule has 0 aliphatic rings. The Morgan fingerprint density at radius 2 is 0.959 bits per heavy atom. The van der Waals surface area contributed by atoms with E-state index < -0.39 is 0 Å². The van der Waals surface area contributed by atoms with E-state index in [4.69, 9.17) is 4.42 Å². The molecule has 11 aromatic rings. The molecule has 0 saturated carbocycles. The van der Waals surface area contributed by atoms with Crippen LogP contribution in [0.3, 0.4) is 0 Å². The zero-order chi connectivity index (χ0) is 32.1. The summed E-state index contributed by atoms with van der Waals surface area (Å²) in [5, 5.41) is 10.8. The van der Waals surface area contributed by atoms with Crippen molar-refractivity contribution in [2.24, 2.45) is 0 Å². The minimum atomic E-state index is 0.867. The molecule has 3 heterocycles. The van der Waals surface area contributed by atoms with E-state index in [1.165, 1.54) is 48.8 Å². The second-order valence-electron chi connectivity index (χ2n) is 13.0. The molecule has 0 aliphatic heterocycles. The fourth-order valence-corrected chi connectivity index (χ4v) is 8.02. The van der Waals surface area contributed by atoms with Gasteiger partial charge < -0.3 is 8.98 Å². The van der Waals surface area contributed by atoms with Crippen LogP contribution in [0.15, 0.2) is 174 Å². The first-order chi connectivity index (χ1) is 24.3. The summed E-state index contributed by atoms with van der Waals surface area (Å²) in [4.78, 5) is 0. The average molecular weight is 625 g/mol. The second-order valence-corrected chi connectivity index (χ2v) is 13.0. The lowest BCUT2D eigenvalue weighted by Gasteiger charge is -2.11. The zero-order valence-corrected chi connectivity index (χ0v) is 26.5. The van der Waals surface area contributed by atoms with Crippen molar-refractivity contribution in [1.29, 1.82) is 0 Å². The lowest BCUT2D eigenvalue weighted by molar-refractivity contribution is 0.647. The van der Waals surface area contributed by atoms with Crippen molar-refractivity contribution in [2.75, 3.05) is 0 Å². The Labute approximate surface area is 281 Å². The van der Waals surface area contributed by atoms with E-state index in [2.05, 4.69) is 179 Å². The monoisotopic (exact) mass is 624 g/mol. The van der Waals surface area contributed by atoms with E-state index in [1.54, 1.807) is 0 Å². The number of para-hydroxylation sites is 3. The normalized spacial score (nSPS) is 12.1. The van der Waals surface area contributed by atoms with Crippen LogP contribution in [0.25, 0.3) is 98.8 Å². The highest BCUT2D eigenvalue weighted by molar-refractivity contribution is 6.26. The maximum atomic E-state index is 7.05. The largest absolute Gasteiger partial charge is 0.437 e. The molecule has 0 amide bonds. The van der Waals surface area contributed by atoms with Crippen LogP contribution in [0.4, 0.5) is 0 Å². The highest BCUT2D eigenvalue weighted by atomic mass is 16.3. The summed E-state index contributed by atoms with van der Waals surface area (Å²) in [6, 6.07) is 61.2. The van der Waals surface area contributed by atoms with Gasteiger partial charge in [-0.15, -0.1) is 0 Å². The van der Waals surface area contributed by atoms with Gasteiger partial charge in [0.25, 0.3) is 0 Å². The topological polar surface area (TPSA) is 23.0 Å². The summed E-state index contributed by atoms with van der Waals surface area (Å²) >= 11 is 0. The Kier molecular flexibility index (Phi) is 5.38. The molecule has 0 fully saturated rings. The van der Waals surface area contributed by atoms with Crippen LogP contribution in [0, 0.1) is 0 Å². The maximum absolute atomic E-state index is 7.05. The van der Waals surface area contributed by atoms with Crippen molar-refractivity contribution in [1.82, 2.24) is 9.13 Å². The van der Waals surface area contributed by atoms with E-state index in [0.717, 1.165) is 50.0 Å². The first-order valence-electron chi connectivity index (χ1n) is 16.8. The average Bonchev–Trinajstić information content (AvgIpc) is 3.81. The summed E-state index contributed by atoms with van der Waals surface area (Å²) in [7, 11) is 0. The molecule has 3 nitrogen and oxygen atoms in total. The van der Waals surface area contributed by atoms with Crippen LogP contribution in [0.5, 0.6) is 0 Å². The molecule has 0 N–H and O–H groups in total. The summed E-state index contributed by atoms with van der Waals surface area (Å²) in [5.41, 5.74) is 9.81. The third-order valence-corrected chi connectivity index (χ3v) is 10.3. The molecule has 8 aromatic carbocycles. The van der Waals surface area contributed by atoms with Gasteiger partial charge in [0.1, 0.15) is 0 Å². The van der Waals surface area contributed by atoms with Crippen molar-refractivity contribution in [2.45, 2.75) is 0 Å². The number of hydrogen-bond donors (Lipinski definition) is 0. The van der Waals surface area contributed by atoms with Crippen molar-refractivity contribution in [3.8, 4) is 22.5 Å². The predicted molar refractivity (Wildman–Crippen MR) is 205 cm³/mol. The number of hydrogen-bond acceptors (Lipinski definition) is 1. The summed E-state index contributed by atoms with van der Waals surface area (Å²) < 4.78 is 11.7. The minimum Gasteiger partial charge on any atom is -0.437 e. The van der Waals surface area contributed by atoms with Crippen LogP contribution < -0.4 is 0 Å². The van der Waals surface area contributed by atoms with Gasteiger partial charge in [-0.05, 0) is 87.3 Å². The molecule has 228 valence electrons. The van der Waals surface area contributed by atoms with E-state index in [1.807, 2.05) is 0 Å². The molecule has 3 aromatic heterocycles. The molecule has 0 bridgehead atoms. The first-order valence-corrected chi connectivity index (χ1v) is 16.8. The summed E-state index contributed by atoms with van der Waals surface area (Å²) in [6.45, 7) is 0. The Morgan fingerprint density at radius 1 is 0.367 bits per heavy atom. The molecule has 0 saturated heterocycles. The van der Waals surface area contributed by atoms with E-state index in [9.17, 15) is 0 Å². The summed E-state index contributed by atoms with van der Waals surface area (Å²) in [6.07, 6.45) is 0. The lowest BCUT2D eigenvalue weighted by atomic mass is 9.98. The van der Waals surface area contributed by atoms with Gasteiger partial charge in [0.2, 0.25) is 5.71 Å². The smallest absolute Gasteiger partial charge is 0.213 e. The molecular formula is C46H28N2O. The molecule has 11 rings (SSSR count). The van der Waals surface area contributed by atoms with Crippen LogP contribution >= 0.6 is 0 Å². The van der Waals surface area contributed by atoms with Crippen molar-refractivity contribution in [3.05, 3.63) is 170 Å². The number of fused-ring (bicyclic) bond motifs is 11. The summed E-state index contributed by atoms with van der Waals surface area (Å²) in [5.74, 6) is 0. The van der Waals surface area contributed by atoms with E-state index >= 15 is 0 Å². The Hall–Kier alpha value is -6.58. The minimum absolute atomic E-state index is 0.867. The van der Waals surface area contributed by atoms with Crippen molar-refractivity contribution < 1.29 is 4.42 Å². The fraction of sp³-hybridized carbons (Fsp3) is 0. The molecule has 0 aliphatic carbocycles. The number of aromatic nitrogens is 2. The molecule has 0 radical (unpaired) electrons. The highest BCUT2D eigenvalue weighted by Crippen LogP contribution is 2.44. The van der Waals surface area contributed by atoms with Gasteiger partial charge >= 0.3 is 0 Å². The molecular weight excluding hydrogens is 597 g/mol. The third kappa shape index (κ3) is 3.78. The van der Waals surface area contributed by atoms with Gasteiger partial charge in [-0.3, -0.25) is 4.57 Å². The molecule has 0 spiro atoms. The van der Waals surface area contributed by atoms with Gasteiger partial charge in [-0.1, -0.05) is 115 Å². The molecule has 3 heteroatoms. The zero-order valence-electron chi connectivity index (χ0n) is 26.5. The van der Waals surface area contributed by atoms with Crippen molar-refractivity contribution >= 4 is 76.3 Å². The first kappa shape index (κ1) is 26.5. The lowest BCUT2D eigenvalue weighted by Crippen LogP contribution is -1.94. The van der Waals surface area contributed by atoms with Crippen molar-refractivity contribution in [3.63, 3.8) is 0 Å². The molecule has 49 heavy (non-hydrogen) atoms. The van der Waals surface area contributed by atoms with E-state index in [-0.39, 0.29) is 0 Å². The third-order valence-electron chi connectivity index (χ3n) is 10.3. The van der Waals surface area contributed by atoms with Gasteiger partial charge in [0.05, 0.1) is 21.9 Å². The number of rotatable bonds is 3. The Bertz CT molecular complexity index is 3100. The fourth-order valence-electron chi connectivity index (χ4n) is 8.02. The quantitative estimate of drug-likeness (QED) is 0.192. The second kappa shape index (κ2) is 9.96. The van der Waals surface area contributed by atoms with Gasteiger partial charge in [0.15, 0.2) is 5.58 Å². The van der Waals surface area contributed by atoms with Crippen LogP contribution in [0.1, 0.15) is 0 Å². The SMILES string of the molecule is c1ccc(-n2c3ccccc3c3c4ccc5c6ccccc6n(-c6ccc7cc(-c8ccc9ccccc9c8)ccc7c6)c5c4oc32)cc1. The molecule has 0 atom stereocenters. The van der Waals surface area contributed by atoms with E-state index in [0.29, 0.717) is 0 Å². The highest BCUT2D eigenvalue weighted by Gasteiger charge is 2.23. The van der Waals surface area contributed by atoms with Crippen LogP contribution in [-0.4, -0.2) is 9.13 Å².